The Morgan fingerprint density at radius 1 is 1.50 bits per heavy atom. The number of nitrogens with zero attached hydrogens (tertiary/aromatic N) is 2. The third-order valence-corrected chi connectivity index (χ3v) is 1.94. The number of rotatable bonds is 7. The van der Waals surface area contributed by atoms with Gasteiger partial charge in [0.25, 0.3) is 0 Å². The molecule has 1 rings (SSSR count). The molecule has 18 heavy (non-hydrogen) atoms. The number of amides is 1. The number of nitrogens with one attached hydrogen (secondary N) is 2. The Hall–Kier alpha value is -1.85. The Bertz CT molecular complexity index is 382. The van der Waals surface area contributed by atoms with Gasteiger partial charge in [-0.2, -0.15) is 4.98 Å². The van der Waals surface area contributed by atoms with Crippen molar-refractivity contribution < 1.29 is 9.53 Å². The predicted molar refractivity (Wildman–Crippen MR) is 69.6 cm³/mol. The Balaban J connectivity index is 2.44. The second-order valence-corrected chi connectivity index (χ2v) is 4.14. The Labute approximate surface area is 107 Å². The van der Waals surface area contributed by atoms with Gasteiger partial charge in [0, 0.05) is 18.3 Å². The van der Waals surface area contributed by atoms with Crippen LogP contribution in [0.5, 0.6) is 5.88 Å². The van der Waals surface area contributed by atoms with E-state index in [1.807, 2.05) is 20.8 Å². The molecule has 0 aliphatic rings. The summed E-state index contributed by atoms with van der Waals surface area (Å²) in [6.45, 7) is 6.61. The van der Waals surface area contributed by atoms with Crippen molar-refractivity contribution in [3.8, 4) is 5.88 Å². The minimum Gasteiger partial charge on any atom is -0.478 e. The van der Waals surface area contributed by atoms with Crippen LogP contribution in [0.15, 0.2) is 12.3 Å². The van der Waals surface area contributed by atoms with Gasteiger partial charge in [0.1, 0.15) is 0 Å². The van der Waals surface area contributed by atoms with E-state index in [-0.39, 0.29) is 18.5 Å². The summed E-state index contributed by atoms with van der Waals surface area (Å²) in [5.74, 6) is 0.814. The molecule has 1 aromatic heterocycles. The van der Waals surface area contributed by atoms with E-state index in [0.717, 1.165) is 6.42 Å². The molecule has 0 bridgehead atoms. The second kappa shape index (κ2) is 7.47. The SMILES string of the molecule is CCCOc1ccnc(NCC(=O)NC(C)C)n1. The van der Waals surface area contributed by atoms with Crippen molar-refractivity contribution >= 4 is 11.9 Å². The summed E-state index contributed by atoms with van der Waals surface area (Å²) in [6, 6.07) is 1.81. The summed E-state index contributed by atoms with van der Waals surface area (Å²) in [5, 5.41) is 5.63. The van der Waals surface area contributed by atoms with Gasteiger partial charge in [0.05, 0.1) is 13.2 Å². The fourth-order valence-electron chi connectivity index (χ4n) is 1.25. The van der Waals surface area contributed by atoms with Crippen LogP contribution in [0.3, 0.4) is 0 Å². The number of aromatic nitrogens is 2. The fourth-order valence-corrected chi connectivity index (χ4v) is 1.25. The number of carbonyl (C=O) groups excluding carboxylic acids is 1. The molecule has 0 aliphatic carbocycles. The van der Waals surface area contributed by atoms with Crippen LogP contribution in [0.2, 0.25) is 0 Å². The van der Waals surface area contributed by atoms with Crippen molar-refractivity contribution in [3.63, 3.8) is 0 Å². The van der Waals surface area contributed by atoms with Crippen LogP contribution >= 0.6 is 0 Å². The van der Waals surface area contributed by atoms with Crippen molar-refractivity contribution in [3.05, 3.63) is 12.3 Å². The molecule has 0 fully saturated rings. The lowest BCUT2D eigenvalue weighted by atomic mass is 10.4. The molecule has 0 unspecified atom stereocenters. The van der Waals surface area contributed by atoms with Gasteiger partial charge < -0.3 is 15.4 Å². The minimum atomic E-state index is -0.0894. The maximum absolute atomic E-state index is 11.4. The lowest BCUT2D eigenvalue weighted by Gasteiger charge is -2.09. The van der Waals surface area contributed by atoms with Gasteiger partial charge in [-0.05, 0) is 20.3 Å². The zero-order valence-corrected chi connectivity index (χ0v) is 11.1. The number of anilines is 1. The molecular formula is C12H20N4O2. The van der Waals surface area contributed by atoms with E-state index >= 15 is 0 Å². The highest BCUT2D eigenvalue weighted by Gasteiger charge is 2.04. The van der Waals surface area contributed by atoms with E-state index in [1.54, 1.807) is 12.3 Å². The van der Waals surface area contributed by atoms with E-state index in [4.69, 9.17) is 4.74 Å². The molecule has 0 atom stereocenters. The van der Waals surface area contributed by atoms with Crippen LogP contribution in [0.4, 0.5) is 5.95 Å². The van der Waals surface area contributed by atoms with Crippen molar-refractivity contribution in [2.75, 3.05) is 18.5 Å². The highest BCUT2D eigenvalue weighted by atomic mass is 16.5. The second-order valence-electron chi connectivity index (χ2n) is 4.14. The van der Waals surface area contributed by atoms with E-state index in [2.05, 4.69) is 20.6 Å². The summed E-state index contributed by atoms with van der Waals surface area (Å²) in [7, 11) is 0. The molecule has 2 N–H and O–H groups in total. The number of hydrogen-bond donors (Lipinski definition) is 2. The first-order valence-corrected chi connectivity index (χ1v) is 6.11. The zero-order valence-electron chi connectivity index (χ0n) is 11.1. The molecular weight excluding hydrogens is 232 g/mol. The molecule has 0 radical (unpaired) electrons. The van der Waals surface area contributed by atoms with Crippen molar-refractivity contribution in [2.45, 2.75) is 33.2 Å². The largest absolute Gasteiger partial charge is 0.478 e. The molecule has 0 aromatic carbocycles. The smallest absolute Gasteiger partial charge is 0.239 e. The van der Waals surface area contributed by atoms with Gasteiger partial charge in [-0.1, -0.05) is 6.92 Å². The molecule has 1 heterocycles. The van der Waals surface area contributed by atoms with Crippen LogP contribution in [0.25, 0.3) is 0 Å². The standard InChI is InChI=1S/C12H20N4O2/c1-4-7-18-11-5-6-13-12(16-11)14-8-10(17)15-9(2)3/h5-6,9H,4,7-8H2,1-3H3,(H,15,17)(H,13,14,16). The molecule has 100 valence electrons. The summed E-state index contributed by atoms with van der Waals surface area (Å²) >= 11 is 0. The Morgan fingerprint density at radius 2 is 2.28 bits per heavy atom. The van der Waals surface area contributed by atoms with Gasteiger partial charge in [-0.25, -0.2) is 4.98 Å². The topological polar surface area (TPSA) is 76.1 Å². The number of hydrogen-bond acceptors (Lipinski definition) is 5. The van der Waals surface area contributed by atoms with Crippen LogP contribution in [0, 0.1) is 0 Å². The first kappa shape index (κ1) is 14.2. The molecule has 6 heteroatoms. The lowest BCUT2D eigenvalue weighted by molar-refractivity contribution is -0.119. The predicted octanol–water partition coefficient (Wildman–Crippen LogP) is 1.20. The third-order valence-electron chi connectivity index (χ3n) is 1.94. The van der Waals surface area contributed by atoms with Gasteiger partial charge in [-0.3, -0.25) is 4.79 Å². The summed E-state index contributed by atoms with van der Waals surface area (Å²) in [5.41, 5.74) is 0. The van der Waals surface area contributed by atoms with Crippen LogP contribution in [-0.2, 0) is 4.79 Å². The van der Waals surface area contributed by atoms with E-state index in [1.165, 1.54) is 0 Å². The van der Waals surface area contributed by atoms with E-state index in [9.17, 15) is 4.79 Å². The number of carbonyl (C=O) groups is 1. The number of ether oxygens (including phenoxy) is 1. The molecule has 0 saturated carbocycles. The van der Waals surface area contributed by atoms with Crippen LogP contribution in [0.1, 0.15) is 27.2 Å². The van der Waals surface area contributed by atoms with Gasteiger partial charge in [0.2, 0.25) is 17.7 Å². The lowest BCUT2D eigenvalue weighted by Crippen LogP contribution is -2.35. The minimum absolute atomic E-state index is 0.0894. The quantitative estimate of drug-likeness (QED) is 0.762. The van der Waals surface area contributed by atoms with E-state index < -0.39 is 0 Å². The van der Waals surface area contributed by atoms with Gasteiger partial charge in [-0.15, -0.1) is 0 Å². The summed E-state index contributed by atoms with van der Waals surface area (Å²) in [6.07, 6.45) is 2.52. The molecule has 1 aromatic rings. The average molecular weight is 252 g/mol. The van der Waals surface area contributed by atoms with Crippen LogP contribution < -0.4 is 15.4 Å². The highest BCUT2D eigenvalue weighted by molar-refractivity contribution is 5.80. The van der Waals surface area contributed by atoms with Gasteiger partial charge >= 0.3 is 0 Å². The van der Waals surface area contributed by atoms with Crippen molar-refractivity contribution in [2.24, 2.45) is 0 Å². The average Bonchev–Trinajstić information content (AvgIpc) is 2.33. The molecule has 0 spiro atoms. The normalized spacial score (nSPS) is 10.2. The van der Waals surface area contributed by atoms with Crippen LogP contribution in [-0.4, -0.2) is 35.1 Å². The molecule has 0 saturated heterocycles. The maximum Gasteiger partial charge on any atom is 0.239 e. The monoisotopic (exact) mass is 252 g/mol. The Kier molecular flexibility index (Phi) is 5.90. The first-order chi connectivity index (χ1) is 8.61. The van der Waals surface area contributed by atoms with Crippen molar-refractivity contribution in [1.29, 1.82) is 0 Å². The van der Waals surface area contributed by atoms with E-state index in [0.29, 0.717) is 18.4 Å². The zero-order chi connectivity index (χ0) is 13.4. The highest BCUT2D eigenvalue weighted by Crippen LogP contribution is 2.08. The molecule has 0 aliphatic heterocycles. The summed E-state index contributed by atoms with van der Waals surface area (Å²) < 4.78 is 5.38. The van der Waals surface area contributed by atoms with Crippen molar-refractivity contribution in [1.82, 2.24) is 15.3 Å². The third kappa shape index (κ3) is 5.47. The first-order valence-electron chi connectivity index (χ1n) is 6.11. The fraction of sp³-hybridized carbons (Fsp3) is 0.583. The maximum atomic E-state index is 11.4. The molecule has 6 nitrogen and oxygen atoms in total. The summed E-state index contributed by atoms with van der Waals surface area (Å²) in [4.78, 5) is 19.6. The van der Waals surface area contributed by atoms with Gasteiger partial charge in [0.15, 0.2) is 0 Å². The molecule has 1 amide bonds. The Morgan fingerprint density at radius 3 is 2.94 bits per heavy atom.